The van der Waals surface area contributed by atoms with E-state index >= 15 is 0 Å². The van der Waals surface area contributed by atoms with Gasteiger partial charge in [0.1, 0.15) is 0 Å². The average molecular weight is 255 g/mol. The van der Waals surface area contributed by atoms with E-state index in [1.165, 1.54) is 18.4 Å². The highest BCUT2D eigenvalue weighted by Gasteiger charge is 2.30. The van der Waals surface area contributed by atoms with Gasteiger partial charge in [0, 0.05) is 25.0 Å². The van der Waals surface area contributed by atoms with E-state index in [1.54, 1.807) is 5.51 Å². The predicted molar refractivity (Wildman–Crippen MR) is 65.9 cm³/mol. The van der Waals surface area contributed by atoms with Crippen LogP contribution in [-0.2, 0) is 9.53 Å². The summed E-state index contributed by atoms with van der Waals surface area (Å²) in [5.74, 6) is -0.224. The monoisotopic (exact) mass is 255 g/mol. The molecule has 0 bridgehead atoms. The first-order chi connectivity index (χ1) is 8.33. The van der Waals surface area contributed by atoms with Crippen LogP contribution in [0.2, 0.25) is 0 Å². The molecule has 0 radical (unpaired) electrons. The zero-order valence-electron chi connectivity index (χ0n) is 9.89. The summed E-state index contributed by atoms with van der Waals surface area (Å²) in [6.45, 7) is 3.64. The van der Waals surface area contributed by atoms with Gasteiger partial charge in [0.2, 0.25) is 0 Å². The summed E-state index contributed by atoms with van der Waals surface area (Å²) in [7, 11) is 1.43. The van der Waals surface area contributed by atoms with Crippen molar-refractivity contribution in [3.05, 3.63) is 16.6 Å². The highest BCUT2D eigenvalue weighted by atomic mass is 32.1. The Labute approximate surface area is 105 Å². The van der Waals surface area contributed by atoms with Crippen molar-refractivity contribution < 1.29 is 9.53 Å². The summed E-state index contributed by atoms with van der Waals surface area (Å²) in [4.78, 5) is 18.3. The minimum atomic E-state index is -0.355. The minimum absolute atomic E-state index is 0.224. The van der Waals surface area contributed by atoms with Gasteiger partial charge >= 0.3 is 5.97 Å². The van der Waals surface area contributed by atoms with Crippen LogP contribution in [0, 0.1) is 0 Å². The van der Waals surface area contributed by atoms with Gasteiger partial charge in [-0.15, -0.1) is 11.3 Å². The third-order valence-electron chi connectivity index (χ3n) is 2.90. The number of thiazole rings is 1. The summed E-state index contributed by atoms with van der Waals surface area (Å²) in [6, 6.07) is -0.355. The lowest BCUT2D eigenvalue weighted by molar-refractivity contribution is -0.147. The van der Waals surface area contributed by atoms with Crippen molar-refractivity contribution in [2.24, 2.45) is 0 Å². The van der Waals surface area contributed by atoms with Gasteiger partial charge < -0.3 is 10.1 Å². The van der Waals surface area contributed by atoms with E-state index in [2.05, 4.69) is 15.2 Å². The molecule has 0 aromatic carbocycles. The zero-order chi connectivity index (χ0) is 12.1. The van der Waals surface area contributed by atoms with Crippen LogP contribution >= 0.6 is 11.3 Å². The third kappa shape index (κ3) is 3.02. The van der Waals surface area contributed by atoms with Crippen molar-refractivity contribution >= 4 is 17.3 Å². The topological polar surface area (TPSA) is 54.5 Å². The molecule has 1 N–H and O–H groups in total. The van der Waals surface area contributed by atoms with Crippen LogP contribution in [-0.4, -0.2) is 49.1 Å². The van der Waals surface area contributed by atoms with Gasteiger partial charge in [-0.05, 0) is 13.0 Å². The number of hydrogen-bond acceptors (Lipinski definition) is 6. The normalized spacial score (nSPS) is 19.6. The summed E-state index contributed by atoms with van der Waals surface area (Å²) in [6.07, 6.45) is 1.04. The minimum Gasteiger partial charge on any atom is -0.468 e. The molecule has 5 nitrogen and oxygen atoms in total. The Morgan fingerprint density at radius 3 is 3.18 bits per heavy atom. The van der Waals surface area contributed by atoms with Gasteiger partial charge in [0.15, 0.2) is 6.04 Å². The van der Waals surface area contributed by atoms with Gasteiger partial charge in [0.25, 0.3) is 0 Å². The molecular weight excluding hydrogens is 238 g/mol. The maximum Gasteiger partial charge on any atom is 0.329 e. The zero-order valence-corrected chi connectivity index (χ0v) is 10.7. The SMILES string of the molecule is COC(=O)C(c1cscn1)N1CCCNCC1. The molecule has 0 amide bonds. The summed E-state index contributed by atoms with van der Waals surface area (Å²) < 4.78 is 4.89. The van der Waals surface area contributed by atoms with Crippen molar-refractivity contribution in [1.82, 2.24) is 15.2 Å². The van der Waals surface area contributed by atoms with Gasteiger partial charge in [-0.2, -0.15) is 0 Å². The molecule has 1 aliphatic rings. The number of carbonyl (C=O) groups excluding carboxylic acids is 1. The van der Waals surface area contributed by atoms with Gasteiger partial charge in [-0.1, -0.05) is 0 Å². The van der Waals surface area contributed by atoms with Crippen molar-refractivity contribution in [2.75, 3.05) is 33.3 Å². The number of carbonyl (C=O) groups is 1. The first-order valence-corrected chi connectivity index (χ1v) is 6.68. The fourth-order valence-electron chi connectivity index (χ4n) is 2.05. The third-order valence-corrected chi connectivity index (χ3v) is 3.50. The number of ether oxygens (including phenoxy) is 1. The van der Waals surface area contributed by atoms with Gasteiger partial charge in [-0.25, -0.2) is 9.78 Å². The number of aromatic nitrogens is 1. The average Bonchev–Trinajstić information content (AvgIpc) is 2.73. The van der Waals surface area contributed by atoms with Crippen LogP contribution in [0.25, 0.3) is 0 Å². The smallest absolute Gasteiger partial charge is 0.329 e. The van der Waals surface area contributed by atoms with E-state index in [9.17, 15) is 4.79 Å². The Morgan fingerprint density at radius 2 is 2.47 bits per heavy atom. The molecule has 1 atom stereocenters. The number of nitrogens with zero attached hydrogens (tertiary/aromatic N) is 2. The lowest BCUT2D eigenvalue weighted by atomic mass is 10.2. The second-order valence-electron chi connectivity index (χ2n) is 3.98. The fraction of sp³-hybridized carbons (Fsp3) is 0.636. The fourth-order valence-corrected chi connectivity index (χ4v) is 2.62. The summed E-state index contributed by atoms with van der Waals surface area (Å²) >= 11 is 1.50. The van der Waals surface area contributed by atoms with E-state index in [0.29, 0.717) is 0 Å². The Morgan fingerprint density at radius 1 is 1.59 bits per heavy atom. The molecule has 2 rings (SSSR count). The van der Waals surface area contributed by atoms with Crippen LogP contribution in [0.1, 0.15) is 18.2 Å². The molecule has 17 heavy (non-hydrogen) atoms. The molecule has 1 aromatic heterocycles. The van der Waals surface area contributed by atoms with E-state index in [-0.39, 0.29) is 12.0 Å². The lowest BCUT2D eigenvalue weighted by Crippen LogP contribution is -2.37. The number of esters is 1. The van der Waals surface area contributed by atoms with Gasteiger partial charge in [0.05, 0.1) is 18.3 Å². The van der Waals surface area contributed by atoms with Crippen molar-refractivity contribution in [3.63, 3.8) is 0 Å². The molecule has 1 aromatic rings. The van der Waals surface area contributed by atoms with Gasteiger partial charge in [-0.3, -0.25) is 4.90 Å². The maximum atomic E-state index is 11.9. The molecular formula is C11H17N3O2S. The first kappa shape index (κ1) is 12.5. The highest BCUT2D eigenvalue weighted by molar-refractivity contribution is 7.07. The Bertz CT molecular complexity index is 348. The molecule has 1 aliphatic heterocycles. The maximum absolute atomic E-state index is 11.9. The molecule has 1 saturated heterocycles. The molecule has 6 heteroatoms. The van der Waals surface area contributed by atoms with Crippen molar-refractivity contribution in [3.8, 4) is 0 Å². The second kappa shape index (κ2) is 6.09. The molecule has 1 unspecified atom stereocenters. The number of nitrogens with one attached hydrogen (secondary N) is 1. The van der Waals surface area contributed by atoms with Crippen LogP contribution in [0.4, 0.5) is 0 Å². The number of hydrogen-bond donors (Lipinski definition) is 1. The standard InChI is InChI=1S/C11H17N3O2S/c1-16-11(15)10(9-7-17-8-13-9)14-5-2-3-12-4-6-14/h7-8,10,12H,2-6H2,1H3. The summed E-state index contributed by atoms with van der Waals surface area (Å²) in [5.41, 5.74) is 2.55. The highest BCUT2D eigenvalue weighted by Crippen LogP contribution is 2.22. The molecule has 94 valence electrons. The van der Waals surface area contributed by atoms with Crippen LogP contribution in [0.15, 0.2) is 10.9 Å². The Balaban J connectivity index is 2.17. The van der Waals surface area contributed by atoms with E-state index in [0.717, 1.165) is 38.3 Å². The van der Waals surface area contributed by atoms with Crippen molar-refractivity contribution in [1.29, 1.82) is 0 Å². The molecule has 0 spiro atoms. The second-order valence-corrected chi connectivity index (χ2v) is 4.70. The van der Waals surface area contributed by atoms with E-state index < -0.39 is 0 Å². The first-order valence-electron chi connectivity index (χ1n) is 5.73. The Kier molecular flexibility index (Phi) is 4.47. The summed E-state index contributed by atoms with van der Waals surface area (Å²) in [5, 5.41) is 5.24. The molecule has 1 fully saturated rings. The molecule has 0 aliphatic carbocycles. The van der Waals surface area contributed by atoms with E-state index in [4.69, 9.17) is 4.74 Å². The van der Waals surface area contributed by atoms with E-state index in [1.807, 2.05) is 5.38 Å². The number of methoxy groups -OCH3 is 1. The molecule has 0 saturated carbocycles. The Hall–Kier alpha value is -0.980. The molecule has 2 heterocycles. The predicted octanol–water partition coefficient (Wildman–Crippen LogP) is 0.652. The quantitative estimate of drug-likeness (QED) is 0.804. The lowest BCUT2D eigenvalue weighted by Gasteiger charge is -2.26. The van der Waals surface area contributed by atoms with Crippen LogP contribution in [0.3, 0.4) is 0 Å². The van der Waals surface area contributed by atoms with Crippen LogP contribution in [0.5, 0.6) is 0 Å². The van der Waals surface area contributed by atoms with Crippen LogP contribution < -0.4 is 5.32 Å². The largest absolute Gasteiger partial charge is 0.468 e. The number of rotatable bonds is 3. The van der Waals surface area contributed by atoms with Crippen molar-refractivity contribution in [2.45, 2.75) is 12.5 Å².